The summed E-state index contributed by atoms with van der Waals surface area (Å²) in [6.45, 7) is 4.59. The Kier molecular flexibility index (Phi) is 4.62. The Bertz CT molecular complexity index is 1290. The first-order chi connectivity index (χ1) is 15.0. The van der Waals surface area contributed by atoms with E-state index >= 15 is 0 Å². The van der Waals surface area contributed by atoms with E-state index in [1.807, 2.05) is 30.8 Å². The zero-order chi connectivity index (χ0) is 21.5. The van der Waals surface area contributed by atoms with E-state index in [2.05, 4.69) is 20.1 Å². The molecule has 1 atom stereocenters. The van der Waals surface area contributed by atoms with E-state index in [0.717, 1.165) is 28.1 Å². The fourth-order valence-corrected chi connectivity index (χ4v) is 4.05. The minimum atomic E-state index is -0.491. The molecular weight excluding hydrogens is 395 g/mol. The largest absolute Gasteiger partial charge is 0.482 e. The van der Waals surface area contributed by atoms with Crippen LogP contribution >= 0.6 is 0 Å². The Labute approximate surface area is 178 Å². The average molecular weight is 416 g/mol. The smallest absolute Gasteiger partial charge is 0.166 e. The summed E-state index contributed by atoms with van der Waals surface area (Å²) in [5, 5.41) is 4.55. The summed E-state index contributed by atoms with van der Waals surface area (Å²) in [5.74, 6) is 0.364. The van der Waals surface area contributed by atoms with Gasteiger partial charge in [-0.3, -0.25) is 14.6 Å². The second kappa shape index (κ2) is 7.46. The number of ether oxygens (including phenoxy) is 1. The maximum absolute atomic E-state index is 14.2. The van der Waals surface area contributed by atoms with Gasteiger partial charge in [0.05, 0.1) is 23.3 Å². The second-order valence-electron chi connectivity index (χ2n) is 7.46. The Morgan fingerprint density at radius 2 is 2.00 bits per heavy atom. The van der Waals surface area contributed by atoms with Gasteiger partial charge in [-0.1, -0.05) is 0 Å². The van der Waals surface area contributed by atoms with Gasteiger partial charge in [0.25, 0.3) is 0 Å². The number of rotatable bonds is 1. The molecule has 4 heterocycles. The van der Waals surface area contributed by atoms with Crippen LogP contribution in [-0.2, 0) is 13.0 Å². The Morgan fingerprint density at radius 1 is 1.16 bits per heavy atom. The SMILES string of the molecule is CCn1ncc2c1-c1cnc(N)c(c1)O[C@@H](C)c1cc(F)ccc1-c1nccnc1C2. The van der Waals surface area contributed by atoms with Crippen LogP contribution in [0, 0.1) is 5.82 Å². The van der Waals surface area contributed by atoms with Gasteiger partial charge in [-0.25, -0.2) is 9.37 Å². The van der Waals surface area contributed by atoms with Crippen LogP contribution in [-0.4, -0.2) is 24.7 Å². The standard InChI is InChI=1S/C23H21FN6O/c1-3-30-22-14(12-29-30)8-19-21(27-7-6-26-19)17-5-4-16(24)10-18(17)13(2)31-20-9-15(22)11-28-23(20)25/h4-7,9-13H,3,8H2,1-2H3,(H2,25,28)/t13-/m0/s1. The molecule has 156 valence electrons. The van der Waals surface area contributed by atoms with Crippen molar-refractivity contribution >= 4 is 5.82 Å². The van der Waals surface area contributed by atoms with E-state index in [0.29, 0.717) is 30.0 Å². The Morgan fingerprint density at radius 3 is 2.84 bits per heavy atom. The van der Waals surface area contributed by atoms with E-state index in [4.69, 9.17) is 10.5 Å². The molecule has 3 aromatic heterocycles. The zero-order valence-electron chi connectivity index (χ0n) is 17.2. The number of hydrogen-bond donors (Lipinski definition) is 1. The normalized spacial score (nSPS) is 15.0. The molecule has 0 aliphatic carbocycles. The lowest BCUT2D eigenvalue weighted by Gasteiger charge is -2.21. The lowest BCUT2D eigenvalue weighted by molar-refractivity contribution is 0.227. The lowest BCUT2D eigenvalue weighted by Crippen LogP contribution is -2.11. The summed E-state index contributed by atoms with van der Waals surface area (Å²) in [6.07, 6.45) is 6.90. The van der Waals surface area contributed by atoms with E-state index < -0.39 is 6.10 Å². The highest BCUT2D eigenvalue weighted by atomic mass is 19.1. The number of fused-ring (bicyclic) bond motifs is 7. The Hall–Kier alpha value is -3.81. The molecule has 5 rings (SSSR count). The topological polar surface area (TPSA) is 91.7 Å². The summed E-state index contributed by atoms with van der Waals surface area (Å²) in [4.78, 5) is 13.5. The molecule has 0 amide bonds. The molecule has 1 aliphatic rings. The van der Waals surface area contributed by atoms with Gasteiger partial charge in [-0.2, -0.15) is 5.10 Å². The highest BCUT2D eigenvalue weighted by molar-refractivity contribution is 5.71. The van der Waals surface area contributed by atoms with Crippen molar-refractivity contribution in [3.8, 4) is 28.3 Å². The lowest BCUT2D eigenvalue weighted by atomic mass is 9.96. The first-order valence-corrected chi connectivity index (χ1v) is 10.1. The number of benzene rings is 1. The summed E-state index contributed by atoms with van der Waals surface area (Å²) in [7, 11) is 0. The van der Waals surface area contributed by atoms with E-state index in [-0.39, 0.29) is 11.6 Å². The van der Waals surface area contributed by atoms with Crippen LogP contribution in [0.1, 0.15) is 36.8 Å². The van der Waals surface area contributed by atoms with Crippen molar-refractivity contribution in [1.82, 2.24) is 24.7 Å². The first kappa shape index (κ1) is 19.2. The molecule has 31 heavy (non-hydrogen) atoms. The van der Waals surface area contributed by atoms with Gasteiger partial charge >= 0.3 is 0 Å². The van der Waals surface area contributed by atoms with Gasteiger partial charge in [0.15, 0.2) is 11.6 Å². The summed E-state index contributed by atoms with van der Waals surface area (Å²) >= 11 is 0. The zero-order valence-corrected chi connectivity index (χ0v) is 17.2. The van der Waals surface area contributed by atoms with Crippen molar-refractivity contribution in [3.05, 3.63) is 71.7 Å². The highest BCUT2D eigenvalue weighted by Gasteiger charge is 2.23. The third-order valence-corrected chi connectivity index (χ3v) is 5.51. The van der Waals surface area contributed by atoms with Gasteiger partial charge in [0.1, 0.15) is 11.9 Å². The molecular formula is C23H21FN6O. The van der Waals surface area contributed by atoms with Crippen molar-refractivity contribution in [2.45, 2.75) is 32.9 Å². The van der Waals surface area contributed by atoms with Gasteiger partial charge in [-0.05, 0) is 38.1 Å². The Balaban J connectivity index is 1.81. The van der Waals surface area contributed by atoms with E-state index in [1.54, 1.807) is 24.7 Å². The number of nitrogen functional groups attached to an aromatic ring is 1. The van der Waals surface area contributed by atoms with Crippen molar-refractivity contribution in [1.29, 1.82) is 0 Å². The molecule has 1 aromatic carbocycles. The fraction of sp³-hybridized carbons (Fsp3) is 0.217. The molecule has 0 fully saturated rings. The quantitative estimate of drug-likeness (QED) is 0.500. The van der Waals surface area contributed by atoms with Crippen LogP contribution in [0.2, 0.25) is 0 Å². The number of anilines is 1. The summed E-state index contributed by atoms with van der Waals surface area (Å²) < 4.78 is 22.3. The number of aryl methyl sites for hydroxylation is 1. The van der Waals surface area contributed by atoms with Crippen molar-refractivity contribution in [2.75, 3.05) is 5.73 Å². The van der Waals surface area contributed by atoms with E-state index in [9.17, 15) is 4.39 Å². The van der Waals surface area contributed by atoms with Gasteiger partial charge in [0.2, 0.25) is 0 Å². The predicted octanol–water partition coefficient (Wildman–Crippen LogP) is 4.19. The maximum Gasteiger partial charge on any atom is 0.166 e. The number of hydrogen-bond acceptors (Lipinski definition) is 6. The van der Waals surface area contributed by atoms with Crippen LogP contribution in [0.25, 0.3) is 22.5 Å². The van der Waals surface area contributed by atoms with Crippen LogP contribution in [0.15, 0.2) is 49.1 Å². The first-order valence-electron chi connectivity index (χ1n) is 10.1. The molecule has 7 nitrogen and oxygen atoms in total. The third kappa shape index (κ3) is 3.30. The van der Waals surface area contributed by atoms with Gasteiger partial charge in [0, 0.05) is 53.8 Å². The molecule has 0 saturated carbocycles. The van der Waals surface area contributed by atoms with Gasteiger partial charge < -0.3 is 10.5 Å². The number of pyridine rings is 1. The number of halogens is 1. The molecule has 0 unspecified atom stereocenters. The maximum atomic E-state index is 14.2. The molecule has 0 radical (unpaired) electrons. The van der Waals surface area contributed by atoms with Crippen LogP contribution in [0.4, 0.5) is 10.2 Å². The summed E-state index contributed by atoms with van der Waals surface area (Å²) in [6, 6.07) is 6.48. The molecule has 1 aliphatic heterocycles. The van der Waals surface area contributed by atoms with Crippen molar-refractivity contribution in [2.24, 2.45) is 0 Å². The van der Waals surface area contributed by atoms with Crippen molar-refractivity contribution in [3.63, 3.8) is 0 Å². The van der Waals surface area contributed by atoms with Crippen LogP contribution in [0.5, 0.6) is 5.75 Å². The highest BCUT2D eigenvalue weighted by Crippen LogP contribution is 2.37. The monoisotopic (exact) mass is 416 g/mol. The molecule has 2 bridgehead atoms. The molecule has 8 heteroatoms. The average Bonchev–Trinajstić information content (AvgIpc) is 3.17. The fourth-order valence-electron chi connectivity index (χ4n) is 4.05. The number of nitrogens with zero attached hydrogens (tertiary/aromatic N) is 5. The summed E-state index contributed by atoms with van der Waals surface area (Å²) in [5.41, 5.74) is 11.8. The van der Waals surface area contributed by atoms with Crippen LogP contribution in [0.3, 0.4) is 0 Å². The molecule has 0 spiro atoms. The number of aromatic nitrogens is 5. The molecule has 0 saturated heterocycles. The minimum absolute atomic E-state index is 0.273. The minimum Gasteiger partial charge on any atom is -0.482 e. The predicted molar refractivity (Wildman–Crippen MR) is 115 cm³/mol. The van der Waals surface area contributed by atoms with Crippen molar-refractivity contribution < 1.29 is 9.13 Å². The second-order valence-corrected chi connectivity index (χ2v) is 7.46. The number of nitrogens with two attached hydrogens (primary N) is 1. The third-order valence-electron chi connectivity index (χ3n) is 5.51. The molecule has 2 N–H and O–H groups in total. The van der Waals surface area contributed by atoms with Gasteiger partial charge in [-0.15, -0.1) is 0 Å². The molecule has 4 aromatic rings. The van der Waals surface area contributed by atoms with E-state index in [1.165, 1.54) is 12.1 Å². The van der Waals surface area contributed by atoms with Crippen LogP contribution < -0.4 is 10.5 Å².